The average Bonchev–Trinajstić information content (AvgIpc) is 2.55. The van der Waals surface area contributed by atoms with Gasteiger partial charge < -0.3 is 9.64 Å². The van der Waals surface area contributed by atoms with Gasteiger partial charge in [0, 0.05) is 23.8 Å². The summed E-state index contributed by atoms with van der Waals surface area (Å²) in [5.74, 6) is -0.287. The molecule has 96 valence electrons. The van der Waals surface area contributed by atoms with Crippen LogP contribution in [0.15, 0.2) is 30.0 Å². The summed E-state index contributed by atoms with van der Waals surface area (Å²) in [7, 11) is 3.46. The van der Waals surface area contributed by atoms with Gasteiger partial charge in [0.2, 0.25) is 0 Å². The number of allylic oxidation sites excluding steroid dienone is 2. The second kappa shape index (κ2) is 4.16. The molecule has 1 aliphatic rings. The Morgan fingerprint density at radius 1 is 1.39 bits per heavy atom. The molecule has 2 rings (SSSR count). The van der Waals surface area contributed by atoms with E-state index in [1.54, 1.807) is 0 Å². The molecule has 0 aliphatic carbocycles. The van der Waals surface area contributed by atoms with Gasteiger partial charge in [-0.05, 0) is 30.7 Å². The minimum absolute atomic E-state index is 0.0805. The number of nitrogens with zero attached hydrogens (tertiary/aromatic N) is 1. The Morgan fingerprint density at radius 3 is 2.61 bits per heavy atom. The zero-order valence-corrected chi connectivity index (χ0v) is 11.6. The number of hydrogen-bond acceptors (Lipinski definition) is 3. The number of anilines is 1. The minimum atomic E-state index is -0.287. The third-order valence-corrected chi connectivity index (χ3v) is 3.73. The Morgan fingerprint density at radius 2 is 2.06 bits per heavy atom. The van der Waals surface area contributed by atoms with Gasteiger partial charge in [0.25, 0.3) is 0 Å². The minimum Gasteiger partial charge on any atom is -0.465 e. The van der Waals surface area contributed by atoms with Gasteiger partial charge in [-0.2, -0.15) is 0 Å². The van der Waals surface area contributed by atoms with E-state index in [1.807, 2.05) is 25.1 Å². The topological polar surface area (TPSA) is 29.5 Å². The van der Waals surface area contributed by atoms with Crippen molar-refractivity contribution in [2.24, 2.45) is 0 Å². The quantitative estimate of drug-likeness (QED) is 0.712. The number of hydrogen-bond donors (Lipinski definition) is 0. The number of fused-ring (bicyclic) bond motifs is 1. The van der Waals surface area contributed by atoms with Crippen molar-refractivity contribution in [1.29, 1.82) is 0 Å². The molecule has 0 saturated carbocycles. The summed E-state index contributed by atoms with van der Waals surface area (Å²) in [6.07, 6.45) is 2.12. The predicted molar refractivity (Wildman–Crippen MR) is 73.0 cm³/mol. The summed E-state index contributed by atoms with van der Waals surface area (Å²) in [4.78, 5) is 13.8. The highest BCUT2D eigenvalue weighted by atomic mass is 16.5. The molecule has 0 radical (unpaired) electrons. The van der Waals surface area contributed by atoms with Crippen LogP contribution in [-0.4, -0.2) is 20.1 Å². The van der Waals surface area contributed by atoms with Gasteiger partial charge in [-0.1, -0.05) is 19.9 Å². The van der Waals surface area contributed by atoms with E-state index in [1.165, 1.54) is 18.4 Å². The number of methoxy groups -OCH3 is 1. The van der Waals surface area contributed by atoms with Crippen LogP contribution < -0.4 is 4.90 Å². The lowest BCUT2D eigenvalue weighted by Crippen LogP contribution is -2.22. The number of carbonyl (C=O) groups excluding carboxylic acids is 1. The molecular weight excluding hydrogens is 226 g/mol. The van der Waals surface area contributed by atoms with Gasteiger partial charge >= 0.3 is 5.97 Å². The molecule has 1 heterocycles. The lowest BCUT2D eigenvalue weighted by atomic mass is 9.83. The number of likely N-dealkylation sites (N-methyl/N-ethyl adjacent to an activating group) is 1. The van der Waals surface area contributed by atoms with Gasteiger partial charge in [-0.3, -0.25) is 0 Å². The Balaban J connectivity index is 2.60. The van der Waals surface area contributed by atoms with E-state index in [2.05, 4.69) is 31.9 Å². The van der Waals surface area contributed by atoms with Crippen molar-refractivity contribution < 1.29 is 9.53 Å². The fourth-order valence-electron chi connectivity index (χ4n) is 2.82. The maximum Gasteiger partial charge on any atom is 0.337 e. The molecule has 0 fully saturated rings. The fraction of sp³-hybridized carbons (Fsp3) is 0.400. The third kappa shape index (κ3) is 1.62. The van der Waals surface area contributed by atoms with Crippen LogP contribution in [0.1, 0.15) is 36.7 Å². The first-order valence-electron chi connectivity index (χ1n) is 6.06. The van der Waals surface area contributed by atoms with Crippen molar-refractivity contribution >= 4 is 11.7 Å². The molecule has 0 bridgehead atoms. The second-order valence-electron chi connectivity index (χ2n) is 5.08. The van der Waals surface area contributed by atoms with Crippen molar-refractivity contribution in [3.63, 3.8) is 0 Å². The summed E-state index contributed by atoms with van der Waals surface area (Å²) in [5, 5.41) is 0. The van der Waals surface area contributed by atoms with E-state index < -0.39 is 0 Å². The Hall–Kier alpha value is -1.77. The first-order chi connectivity index (χ1) is 8.43. The molecule has 0 amide bonds. The second-order valence-corrected chi connectivity index (χ2v) is 5.08. The van der Waals surface area contributed by atoms with E-state index in [0.717, 1.165) is 5.69 Å². The number of carbonyl (C=O) groups is 1. The van der Waals surface area contributed by atoms with Crippen molar-refractivity contribution in [3.8, 4) is 0 Å². The molecule has 3 heteroatoms. The van der Waals surface area contributed by atoms with Crippen LogP contribution in [0.2, 0.25) is 0 Å². The van der Waals surface area contributed by atoms with Crippen LogP contribution in [0.4, 0.5) is 5.69 Å². The monoisotopic (exact) mass is 245 g/mol. The van der Waals surface area contributed by atoms with Gasteiger partial charge in [0.1, 0.15) is 0 Å². The lowest BCUT2D eigenvalue weighted by Gasteiger charge is -2.23. The van der Waals surface area contributed by atoms with Gasteiger partial charge in [-0.15, -0.1) is 0 Å². The molecular formula is C15H19NO2. The first kappa shape index (κ1) is 12.7. The normalized spacial score (nSPS) is 18.9. The average molecular weight is 245 g/mol. The van der Waals surface area contributed by atoms with E-state index in [0.29, 0.717) is 5.56 Å². The zero-order chi connectivity index (χ0) is 13.5. The van der Waals surface area contributed by atoms with Crippen LogP contribution >= 0.6 is 0 Å². The van der Waals surface area contributed by atoms with E-state index in [-0.39, 0.29) is 11.4 Å². The summed E-state index contributed by atoms with van der Waals surface area (Å²) in [6.45, 7) is 6.39. The molecule has 3 nitrogen and oxygen atoms in total. The van der Waals surface area contributed by atoms with Crippen molar-refractivity contribution in [1.82, 2.24) is 0 Å². The number of rotatable bonds is 1. The molecule has 0 saturated heterocycles. The fourth-order valence-corrected chi connectivity index (χ4v) is 2.82. The van der Waals surface area contributed by atoms with E-state index in [4.69, 9.17) is 4.74 Å². The molecule has 0 atom stereocenters. The van der Waals surface area contributed by atoms with Crippen molar-refractivity contribution in [3.05, 3.63) is 41.1 Å². The number of ether oxygens (including phenoxy) is 1. The molecule has 0 unspecified atom stereocenters. The van der Waals surface area contributed by atoms with Gasteiger partial charge in [0.05, 0.1) is 12.7 Å². The maximum absolute atomic E-state index is 11.6. The van der Waals surface area contributed by atoms with Crippen LogP contribution in [-0.2, 0) is 10.2 Å². The molecule has 0 N–H and O–H groups in total. The highest BCUT2D eigenvalue weighted by Gasteiger charge is 2.38. The first-order valence-corrected chi connectivity index (χ1v) is 6.06. The van der Waals surface area contributed by atoms with Gasteiger partial charge in [-0.25, -0.2) is 4.79 Å². The predicted octanol–water partition coefficient (Wildman–Crippen LogP) is 3.10. The van der Waals surface area contributed by atoms with Crippen LogP contribution in [0.25, 0.3) is 0 Å². The number of benzene rings is 1. The standard InChI is InChI=1S/C15H19NO2/c1-6-13-15(2,3)11-9-10(14(17)18-5)7-8-12(11)16(13)4/h6-9H,1-5H3/b13-6-. The molecule has 1 aromatic rings. The molecule has 0 aromatic heterocycles. The molecule has 1 aromatic carbocycles. The molecule has 18 heavy (non-hydrogen) atoms. The molecule has 0 spiro atoms. The summed E-state index contributed by atoms with van der Waals surface area (Å²) < 4.78 is 4.78. The summed E-state index contributed by atoms with van der Waals surface area (Å²) in [5.41, 5.74) is 4.10. The lowest BCUT2D eigenvalue weighted by molar-refractivity contribution is 0.0600. The number of esters is 1. The van der Waals surface area contributed by atoms with Crippen molar-refractivity contribution in [2.75, 3.05) is 19.1 Å². The summed E-state index contributed by atoms with van der Waals surface area (Å²) >= 11 is 0. The Labute approximate surface area is 108 Å². The maximum atomic E-state index is 11.6. The summed E-state index contributed by atoms with van der Waals surface area (Å²) in [6, 6.07) is 5.74. The smallest absolute Gasteiger partial charge is 0.337 e. The van der Waals surface area contributed by atoms with Crippen molar-refractivity contribution in [2.45, 2.75) is 26.2 Å². The Bertz CT molecular complexity index is 529. The third-order valence-electron chi connectivity index (χ3n) is 3.73. The zero-order valence-electron chi connectivity index (χ0n) is 11.6. The SMILES string of the molecule is C/C=C1\N(C)c2ccc(C(=O)OC)cc2C1(C)C. The molecule has 1 aliphatic heterocycles. The highest BCUT2D eigenvalue weighted by molar-refractivity contribution is 5.91. The van der Waals surface area contributed by atoms with Crippen LogP contribution in [0.5, 0.6) is 0 Å². The highest BCUT2D eigenvalue weighted by Crippen LogP contribution is 2.46. The van der Waals surface area contributed by atoms with E-state index >= 15 is 0 Å². The largest absolute Gasteiger partial charge is 0.465 e. The van der Waals surface area contributed by atoms with Crippen LogP contribution in [0.3, 0.4) is 0 Å². The Kier molecular flexibility index (Phi) is 2.93. The van der Waals surface area contributed by atoms with E-state index in [9.17, 15) is 4.79 Å². The van der Waals surface area contributed by atoms with Crippen LogP contribution in [0, 0.1) is 0 Å². The van der Waals surface area contributed by atoms with Gasteiger partial charge in [0.15, 0.2) is 0 Å².